The largest absolute Gasteiger partial charge is 0.452 e. The number of hydrogen-bond donors (Lipinski definition) is 0. The average Bonchev–Trinajstić information content (AvgIpc) is 2.16. The van der Waals surface area contributed by atoms with E-state index in [9.17, 15) is 4.79 Å². The lowest BCUT2D eigenvalue weighted by atomic mass is 10.2. The average molecular weight is 224 g/mol. The lowest BCUT2D eigenvalue weighted by Gasteiger charge is -2.18. The summed E-state index contributed by atoms with van der Waals surface area (Å²) in [7, 11) is 0. The summed E-state index contributed by atoms with van der Waals surface area (Å²) in [6.07, 6.45) is 1.68. The molecule has 4 heteroatoms. The van der Waals surface area contributed by atoms with Crippen LogP contribution < -0.4 is 9.57 Å². The highest BCUT2D eigenvalue weighted by Crippen LogP contribution is 2.09. The van der Waals surface area contributed by atoms with Crippen LogP contribution >= 0.6 is 0 Å². The maximum Gasteiger partial charge on any atom is 0.409 e. The highest BCUT2D eigenvalue weighted by molar-refractivity contribution is 5.85. The van der Waals surface area contributed by atoms with E-state index in [4.69, 9.17) is 9.57 Å². The molecule has 0 saturated heterocycles. The summed E-state index contributed by atoms with van der Waals surface area (Å²) in [5, 5.41) is 0. The van der Waals surface area contributed by atoms with Gasteiger partial charge in [-0.05, 0) is 33.8 Å². The van der Waals surface area contributed by atoms with Gasteiger partial charge in [0, 0.05) is 16.9 Å². The van der Waals surface area contributed by atoms with Crippen LogP contribution in [0.25, 0.3) is 0 Å². The van der Waals surface area contributed by atoms with Crippen molar-refractivity contribution in [3.63, 3.8) is 0 Å². The number of rotatable bonds is 3. The van der Waals surface area contributed by atoms with Crippen LogP contribution in [0.2, 0.25) is 0 Å². The second kappa shape index (κ2) is 4.96. The molecular formula is C12H18NO3+. The van der Waals surface area contributed by atoms with E-state index in [2.05, 4.69) is 0 Å². The number of hydrogen-bond acceptors (Lipinski definition) is 3. The number of carbonyl (C=O) groups excluding carboxylic acids is 1. The Hall–Kier alpha value is -1.58. The molecule has 0 saturated carbocycles. The summed E-state index contributed by atoms with van der Waals surface area (Å²) in [6, 6.07) is 5.24. The van der Waals surface area contributed by atoms with Gasteiger partial charge in [0.15, 0.2) is 6.61 Å². The molecule has 0 unspecified atom stereocenters. The molecule has 1 heterocycles. The number of carbonyl (C=O) groups is 1. The third-order valence-corrected chi connectivity index (χ3v) is 1.70. The first-order chi connectivity index (χ1) is 7.44. The molecule has 0 radical (unpaired) electrons. The molecule has 0 aliphatic rings. The number of ether oxygens (including phenoxy) is 1. The predicted octanol–water partition coefficient (Wildman–Crippen LogP) is 1.38. The van der Waals surface area contributed by atoms with E-state index in [1.54, 1.807) is 24.4 Å². The Bertz CT molecular complexity index is 369. The second-order valence-corrected chi connectivity index (χ2v) is 4.33. The Labute approximate surface area is 95.8 Å². The third-order valence-electron chi connectivity index (χ3n) is 1.70. The fourth-order valence-electron chi connectivity index (χ4n) is 1.17. The molecule has 88 valence electrons. The molecule has 1 rings (SSSR count). The molecule has 1 aromatic rings. The van der Waals surface area contributed by atoms with E-state index in [1.807, 2.05) is 27.7 Å². The molecule has 0 aliphatic heterocycles. The minimum absolute atomic E-state index is 0.387. The fourth-order valence-corrected chi connectivity index (χ4v) is 1.17. The van der Waals surface area contributed by atoms with Gasteiger partial charge in [-0.1, -0.05) is 0 Å². The number of esters is 1. The molecule has 1 aromatic heterocycles. The Morgan fingerprint density at radius 2 is 2.06 bits per heavy atom. The minimum Gasteiger partial charge on any atom is -0.452 e. The van der Waals surface area contributed by atoms with Gasteiger partial charge in [-0.3, -0.25) is 4.84 Å². The van der Waals surface area contributed by atoms with Gasteiger partial charge in [-0.25, -0.2) is 4.79 Å². The zero-order valence-electron chi connectivity index (χ0n) is 10.2. The topological polar surface area (TPSA) is 39.4 Å². The molecule has 0 amide bonds. The summed E-state index contributed by atoms with van der Waals surface area (Å²) in [4.78, 5) is 17.1. The summed E-state index contributed by atoms with van der Waals surface area (Å²) in [6.45, 7) is 7.85. The van der Waals surface area contributed by atoms with E-state index in [0.29, 0.717) is 12.3 Å². The number of nitrogens with zero attached hydrogens (tertiary/aromatic N) is 1. The molecule has 0 atom stereocenters. The normalized spacial score (nSPS) is 11.0. The van der Waals surface area contributed by atoms with Crippen LogP contribution in [0.15, 0.2) is 24.4 Å². The van der Waals surface area contributed by atoms with Gasteiger partial charge < -0.3 is 4.74 Å². The molecule has 0 spiro atoms. The van der Waals surface area contributed by atoms with Crippen LogP contribution in [0.3, 0.4) is 0 Å². The van der Waals surface area contributed by atoms with E-state index >= 15 is 0 Å². The standard InChI is InChI=1S/C12H18NO3/c1-5-15-13-9-7-6-8-10(13)11(14)16-12(2,3)4/h6-9H,5H2,1-4H3/q+1. The zero-order chi connectivity index (χ0) is 12.2. The second-order valence-electron chi connectivity index (χ2n) is 4.33. The van der Waals surface area contributed by atoms with E-state index in [1.165, 1.54) is 4.73 Å². The molecular weight excluding hydrogens is 206 g/mol. The monoisotopic (exact) mass is 224 g/mol. The van der Waals surface area contributed by atoms with Crippen molar-refractivity contribution in [1.29, 1.82) is 0 Å². The first-order valence-electron chi connectivity index (χ1n) is 5.31. The smallest absolute Gasteiger partial charge is 0.409 e. The highest BCUT2D eigenvalue weighted by atomic mass is 16.7. The molecule has 0 fully saturated rings. The Morgan fingerprint density at radius 3 is 2.62 bits per heavy atom. The van der Waals surface area contributed by atoms with Crippen molar-refractivity contribution in [1.82, 2.24) is 0 Å². The SMILES string of the molecule is CCO[n+]1ccccc1C(=O)OC(C)(C)C. The first-order valence-corrected chi connectivity index (χ1v) is 5.31. The predicted molar refractivity (Wildman–Crippen MR) is 58.9 cm³/mol. The fraction of sp³-hybridized carbons (Fsp3) is 0.500. The van der Waals surface area contributed by atoms with Crippen LogP contribution in [-0.2, 0) is 4.74 Å². The number of aromatic nitrogens is 1. The van der Waals surface area contributed by atoms with Gasteiger partial charge >= 0.3 is 11.7 Å². The molecule has 16 heavy (non-hydrogen) atoms. The number of pyridine rings is 1. The summed E-state index contributed by atoms with van der Waals surface area (Å²) in [5.74, 6) is -0.387. The summed E-state index contributed by atoms with van der Waals surface area (Å²) >= 11 is 0. The Kier molecular flexibility index (Phi) is 3.88. The lowest BCUT2D eigenvalue weighted by Crippen LogP contribution is -2.48. The van der Waals surface area contributed by atoms with Crippen molar-refractivity contribution in [3.8, 4) is 0 Å². The van der Waals surface area contributed by atoms with Crippen molar-refractivity contribution in [3.05, 3.63) is 30.1 Å². The van der Waals surface area contributed by atoms with Crippen molar-refractivity contribution in [2.45, 2.75) is 33.3 Å². The lowest BCUT2D eigenvalue weighted by molar-refractivity contribution is -0.892. The van der Waals surface area contributed by atoms with Gasteiger partial charge in [0.1, 0.15) is 5.60 Å². The minimum atomic E-state index is -0.503. The maximum atomic E-state index is 11.8. The van der Waals surface area contributed by atoms with Crippen molar-refractivity contribution < 1.29 is 19.1 Å². The summed E-state index contributed by atoms with van der Waals surface area (Å²) in [5.41, 5.74) is -0.115. The van der Waals surface area contributed by atoms with Crippen LogP contribution in [-0.4, -0.2) is 18.2 Å². The van der Waals surface area contributed by atoms with Crippen LogP contribution in [0.5, 0.6) is 0 Å². The van der Waals surface area contributed by atoms with Gasteiger partial charge in [-0.15, -0.1) is 0 Å². The zero-order valence-corrected chi connectivity index (χ0v) is 10.2. The van der Waals surface area contributed by atoms with Crippen molar-refractivity contribution in [2.75, 3.05) is 6.61 Å². The van der Waals surface area contributed by atoms with Crippen LogP contribution in [0.1, 0.15) is 38.2 Å². The molecule has 0 aliphatic carbocycles. The Morgan fingerprint density at radius 1 is 1.38 bits per heavy atom. The van der Waals surface area contributed by atoms with Gasteiger partial charge in [0.2, 0.25) is 6.20 Å². The van der Waals surface area contributed by atoms with E-state index in [0.717, 1.165) is 0 Å². The Balaban J connectivity index is 2.90. The molecule has 0 N–H and O–H groups in total. The molecule has 0 bridgehead atoms. The van der Waals surface area contributed by atoms with E-state index < -0.39 is 5.60 Å². The van der Waals surface area contributed by atoms with E-state index in [-0.39, 0.29) is 5.97 Å². The third kappa shape index (κ3) is 3.53. The van der Waals surface area contributed by atoms with Crippen molar-refractivity contribution >= 4 is 5.97 Å². The van der Waals surface area contributed by atoms with Crippen LogP contribution in [0.4, 0.5) is 0 Å². The summed E-state index contributed by atoms with van der Waals surface area (Å²) < 4.78 is 6.70. The molecule has 0 aromatic carbocycles. The highest BCUT2D eigenvalue weighted by Gasteiger charge is 2.26. The van der Waals surface area contributed by atoms with Gasteiger partial charge in [0.25, 0.3) is 0 Å². The van der Waals surface area contributed by atoms with Gasteiger partial charge in [-0.2, -0.15) is 0 Å². The van der Waals surface area contributed by atoms with Crippen molar-refractivity contribution in [2.24, 2.45) is 0 Å². The molecule has 4 nitrogen and oxygen atoms in total. The maximum absolute atomic E-state index is 11.8. The quantitative estimate of drug-likeness (QED) is 0.575. The first kappa shape index (κ1) is 12.5. The van der Waals surface area contributed by atoms with Gasteiger partial charge in [0.05, 0.1) is 0 Å². The van der Waals surface area contributed by atoms with Crippen LogP contribution in [0, 0.1) is 0 Å².